The molecule has 1 N–H and O–H groups in total. The van der Waals surface area contributed by atoms with E-state index < -0.39 is 6.03 Å². The molecule has 2 aliphatic rings. The Balaban J connectivity index is 1.89. The Kier molecular flexibility index (Phi) is 5.63. The van der Waals surface area contributed by atoms with Crippen molar-refractivity contribution in [2.24, 2.45) is 15.9 Å². The van der Waals surface area contributed by atoms with Gasteiger partial charge in [-0.15, -0.1) is 0 Å². The van der Waals surface area contributed by atoms with Gasteiger partial charge < -0.3 is 5.32 Å². The first kappa shape index (κ1) is 18.1. The Morgan fingerprint density at radius 3 is 3.00 bits per heavy atom. The molecule has 0 bridgehead atoms. The third-order valence-electron chi connectivity index (χ3n) is 4.04. The first-order valence-corrected chi connectivity index (χ1v) is 8.86. The Morgan fingerprint density at radius 1 is 1.38 bits per heavy atom. The average molecular weight is 371 g/mol. The Morgan fingerprint density at radius 2 is 2.23 bits per heavy atom. The van der Waals surface area contributed by atoms with E-state index in [2.05, 4.69) is 15.3 Å². The van der Waals surface area contributed by atoms with Gasteiger partial charge in [-0.1, -0.05) is 49.2 Å². The van der Waals surface area contributed by atoms with E-state index in [1.165, 1.54) is 4.90 Å². The lowest BCUT2D eigenvalue weighted by Gasteiger charge is -2.31. The number of anilines is 1. The van der Waals surface area contributed by atoms with E-state index in [0.717, 1.165) is 12.8 Å². The second-order valence-corrected chi connectivity index (χ2v) is 6.39. The quantitative estimate of drug-likeness (QED) is 0.834. The van der Waals surface area contributed by atoms with Gasteiger partial charge in [0.2, 0.25) is 0 Å². The molecule has 0 spiro atoms. The van der Waals surface area contributed by atoms with Gasteiger partial charge in [0.15, 0.2) is 0 Å². The molecule has 1 aromatic rings. The number of unbranched alkanes of at least 4 members (excludes halogenated alkanes) is 1. The molecule has 134 valence electrons. The molecule has 6 nitrogen and oxygen atoms in total. The highest BCUT2D eigenvalue weighted by atomic mass is 35.5. The normalized spacial score (nSPS) is 20.2. The molecule has 7 heteroatoms. The summed E-state index contributed by atoms with van der Waals surface area (Å²) >= 11 is 5.94. The number of urea groups is 2. The van der Waals surface area contributed by atoms with Gasteiger partial charge >= 0.3 is 12.1 Å². The van der Waals surface area contributed by atoms with Crippen LogP contribution in [0.3, 0.4) is 0 Å². The average Bonchev–Trinajstić information content (AvgIpc) is 2.61. The van der Waals surface area contributed by atoms with E-state index in [9.17, 15) is 9.59 Å². The van der Waals surface area contributed by atoms with E-state index in [4.69, 9.17) is 11.6 Å². The number of hydrogen-bond donors (Lipinski definition) is 1. The van der Waals surface area contributed by atoms with Crippen molar-refractivity contribution >= 4 is 40.9 Å². The molecule has 1 aliphatic carbocycles. The number of nitrogens with one attached hydrogen (secondary N) is 1. The van der Waals surface area contributed by atoms with Crippen molar-refractivity contribution < 1.29 is 9.59 Å². The lowest BCUT2D eigenvalue weighted by atomic mass is 9.94. The van der Waals surface area contributed by atoms with Crippen molar-refractivity contribution in [2.75, 3.05) is 11.9 Å². The molecule has 0 fully saturated rings. The minimum Gasteiger partial charge on any atom is -0.306 e. The summed E-state index contributed by atoms with van der Waals surface area (Å²) in [5, 5.41) is 3.20. The van der Waals surface area contributed by atoms with Gasteiger partial charge in [0.1, 0.15) is 5.84 Å². The van der Waals surface area contributed by atoms with Crippen molar-refractivity contribution in [3.8, 4) is 0 Å². The minimum atomic E-state index is -0.555. The number of nitrogens with zero attached hydrogens (tertiary/aromatic N) is 3. The summed E-state index contributed by atoms with van der Waals surface area (Å²) < 4.78 is 0. The van der Waals surface area contributed by atoms with Gasteiger partial charge in [-0.2, -0.15) is 9.98 Å². The van der Waals surface area contributed by atoms with Gasteiger partial charge in [0.05, 0.1) is 11.6 Å². The van der Waals surface area contributed by atoms with Gasteiger partial charge in [-0.05, 0) is 30.7 Å². The molecule has 0 radical (unpaired) electrons. The molecule has 0 aromatic heterocycles. The van der Waals surface area contributed by atoms with Crippen molar-refractivity contribution in [3.63, 3.8) is 0 Å². The van der Waals surface area contributed by atoms with Crippen molar-refractivity contribution in [1.82, 2.24) is 4.90 Å². The largest absolute Gasteiger partial charge is 0.349 e. The third-order valence-corrected chi connectivity index (χ3v) is 4.27. The molecular weight excluding hydrogens is 352 g/mol. The number of rotatable bonds is 4. The van der Waals surface area contributed by atoms with Crippen LogP contribution in [0.25, 0.3) is 0 Å². The number of amidine groups is 1. The first-order valence-electron chi connectivity index (χ1n) is 8.48. The van der Waals surface area contributed by atoms with Gasteiger partial charge in [0, 0.05) is 17.3 Å². The summed E-state index contributed by atoms with van der Waals surface area (Å²) in [6.07, 6.45) is 9.05. The standard InChI is InChI=1S/C19H19ClN4O2/c1-2-3-11-24-17(15-9-4-5-10-16(15)22-19(24)26)23-18(25)21-14-8-6-7-13(20)12-14/h4-10,12,15H,2-3,11H2,1H3,(H,21,25)/b23-17-. The van der Waals surface area contributed by atoms with Crippen molar-refractivity contribution in [3.05, 3.63) is 53.6 Å². The Hall–Kier alpha value is -2.73. The summed E-state index contributed by atoms with van der Waals surface area (Å²) in [6.45, 7) is 2.51. The summed E-state index contributed by atoms with van der Waals surface area (Å²) in [5.74, 6) is 0.0910. The fraction of sp³-hybridized carbons (Fsp3) is 0.263. The predicted octanol–water partition coefficient (Wildman–Crippen LogP) is 4.69. The highest BCUT2D eigenvalue weighted by Crippen LogP contribution is 2.22. The Bertz CT molecular complexity index is 842. The molecule has 3 rings (SSSR count). The molecule has 1 aromatic carbocycles. The molecule has 0 saturated carbocycles. The smallest absolute Gasteiger partial charge is 0.306 e. The number of hydrogen-bond acceptors (Lipinski definition) is 2. The predicted molar refractivity (Wildman–Crippen MR) is 104 cm³/mol. The number of halogens is 1. The number of fused-ring (bicyclic) bond motifs is 1. The maximum absolute atomic E-state index is 12.4. The zero-order chi connectivity index (χ0) is 18.5. The van der Waals surface area contributed by atoms with E-state index in [1.54, 1.807) is 30.3 Å². The number of carbonyl (C=O) groups is 2. The lowest BCUT2D eigenvalue weighted by Crippen LogP contribution is -2.47. The molecule has 1 aliphatic heterocycles. The molecule has 1 unspecified atom stereocenters. The van der Waals surface area contributed by atoms with Crippen LogP contribution in [0, 0.1) is 5.92 Å². The van der Waals surface area contributed by atoms with Crippen LogP contribution in [0.4, 0.5) is 15.3 Å². The van der Waals surface area contributed by atoms with Crippen LogP contribution in [0.5, 0.6) is 0 Å². The van der Waals surface area contributed by atoms with Crippen LogP contribution >= 0.6 is 11.6 Å². The third kappa shape index (κ3) is 4.08. The van der Waals surface area contributed by atoms with Crippen LogP contribution in [0.2, 0.25) is 5.02 Å². The second-order valence-electron chi connectivity index (χ2n) is 5.96. The second kappa shape index (κ2) is 8.10. The molecule has 0 saturated heterocycles. The first-order chi connectivity index (χ1) is 12.6. The summed E-state index contributed by atoms with van der Waals surface area (Å²) in [7, 11) is 0. The number of aliphatic imine (C=N–C) groups is 2. The lowest BCUT2D eigenvalue weighted by molar-refractivity contribution is 0.227. The molecule has 1 heterocycles. The highest BCUT2D eigenvalue weighted by molar-refractivity contribution is 6.31. The van der Waals surface area contributed by atoms with Crippen LogP contribution in [0.1, 0.15) is 19.8 Å². The maximum atomic E-state index is 12.4. The highest BCUT2D eigenvalue weighted by Gasteiger charge is 2.34. The molecule has 26 heavy (non-hydrogen) atoms. The van der Waals surface area contributed by atoms with E-state index in [1.807, 2.05) is 25.2 Å². The molecular formula is C19H19ClN4O2. The number of allylic oxidation sites excluding steroid dienone is 3. The van der Waals surface area contributed by atoms with Gasteiger partial charge in [-0.25, -0.2) is 9.59 Å². The Labute approximate surface area is 157 Å². The van der Waals surface area contributed by atoms with Crippen molar-refractivity contribution in [1.29, 1.82) is 0 Å². The van der Waals surface area contributed by atoms with Crippen molar-refractivity contribution in [2.45, 2.75) is 19.8 Å². The SMILES string of the molecule is CCCCN1C(=O)N=C2C=CC=CC2/C1=N/C(=O)Nc1cccc(Cl)c1. The van der Waals surface area contributed by atoms with E-state index in [-0.39, 0.29) is 11.9 Å². The zero-order valence-corrected chi connectivity index (χ0v) is 15.1. The van der Waals surface area contributed by atoms with E-state index >= 15 is 0 Å². The maximum Gasteiger partial charge on any atom is 0.349 e. The monoisotopic (exact) mass is 370 g/mol. The van der Waals surface area contributed by atoms with Crippen LogP contribution < -0.4 is 5.32 Å². The molecule has 1 atom stereocenters. The molecule has 4 amide bonds. The van der Waals surface area contributed by atoms with Crippen LogP contribution in [-0.2, 0) is 0 Å². The van der Waals surface area contributed by atoms with Gasteiger partial charge in [0.25, 0.3) is 0 Å². The van der Waals surface area contributed by atoms with Crippen LogP contribution in [0.15, 0.2) is 58.6 Å². The van der Waals surface area contributed by atoms with Gasteiger partial charge in [-0.3, -0.25) is 4.90 Å². The topological polar surface area (TPSA) is 74.1 Å². The number of benzene rings is 1. The summed E-state index contributed by atoms with van der Waals surface area (Å²) in [4.78, 5) is 34.6. The number of amides is 4. The summed E-state index contributed by atoms with van der Waals surface area (Å²) in [5.41, 5.74) is 1.14. The summed E-state index contributed by atoms with van der Waals surface area (Å²) in [6, 6.07) is 5.87. The zero-order valence-electron chi connectivity index (χ0n) is 14.4. The van der Waals surface area contributed by atoms with E-state index in [0.29, 0.717) is 28.8 Å². The minimum absolute atomic E-state index is 0.306. The fourth-order valence-corrected chi connectivity index (χ4v) is 2.96. The number of carbonyl (C=O) groups excluding carboxylic acids is 2. The fourth-order valence-electron chi connectivity index (χ4n) is 2.77. The van der Waals surface area contributed by atoms with Crippen LogP contribution in [-0.4, -0.2) is 35.1 Å².